The van der Waals surface area contributed by atoms with Crippen LogP contribution in [0.1, 0.15) is 6.42 Å². The highest BCUT2D eigenvalue weighted by Gasteiger charge is 2.31. The van der Waals surface area contributed by atoms with Gasteiger partial charge in [0.25, 0.3) is 0 Å². The largest absolute Gasteiger partial charge is 0.389 e. The molecule has 21 heavy (non-hydrogen) atoms. The van der Waals surface area contributed by atoms with E-state index in [0.717, 1.165) is 10.6 Å². The van der Waals surface area contributed by atoms with E-state index in [4.69, 9.17) is 0 Å². The van der Waals surface area contributed by atoms with Gasteiger partial charge in [0.15, 0.2) is 0 Å². The Kier molecular flexibility index (Phi) is 4.07. The molecule has 3 rings (SSSR count). The van der Waals surface area contributed by atoms with Crippen molar-refractivity contribution in [1.29, 1.82) is 0 Å². The SMILES string of the molecule is O=P(N[C@H]1C=C[C@@H](O)C1)(c1ccccc1)c1ccccc1. The molecule has 2 atom stereocenters. The van der Waals surface area contributed by atoms with Crippen molar-refractivity contribution in [3.05, 3.63) is 72.8 Å². The van der Waals surface area contributed by atoms with Crippen LogP contribution >= 0.6 is 7.29 Å². The Bertz CT molecular complexity index is 626. The molecule has 0 saturated carbocycles. The van der Waals surface area contributed by atoms with Crippen LogP contribution < -0.4 is 15.7 Å². The Balaban J connectivity index is 1.99. The van der Waals surface area contributed by atoms with Gasteiger partial charge in [-0.05, 0) is 30.7 Å². The number of nitrogens with one attached hydrogen (secondary N) is 1. The molecule has 2 N–H and O–H groups in total. The van der Waals surface area contributed by atoms with Crippen molar-refractivity contribution in [3.8, 4) is 0 Å². The first kappa shape index (κ1) is 14.3. The van der Waals surface area contributed by atoms with Crippen molar-refractivity contribution in [3.63, 3.8) is 0 Å². The number of aliphatic hydroxyl groups is 1. The van der Waals surface area contributed by atoms with E-state index in [9.17, 15) is 9.67 Å². The van der Waals surface area contributed by atoms with Crippen LogP contribution in [-0.4, -0.2) is 17.3 Å². The standard InChI is InChI=1S/C17H18NO2P/c19-15-12-11-14(13-15)18-21(20,16-7-3-1-4-8-16)17-9-5-2-6-10-17/h1-12,14-15,19H,13H2,(H,18,20)/t14-,15+/m0/s1. The molecule has 2 aromatic carbocycles. The lowest BCUT2D eigenvalue weighted by Crippen LogP contribution is -2.33. The van der Waals surface area contributed by atoms with Gasteiger partial charge >= 0.3 is 0 Å². The molecule has 0 unspecified atom stereocenters. The molecular weight excluding hydrogens is 281 g/mol. The van der Waals surface area contributed by atoms with Crippen LogP contribution in [0.5, 0.6) is 0 Å². The average molecular weight is 299 g/mol. The Hall–Kier alpha value is -1.67. The molecule has 108 valence electrons. The fourth-order valence-corrected chi connectivity index (χ4v) is 5.02. The summed E-state index contributed by atoms with van der Waals surface area (Å²) in [5, 5.41) is 14.5. The van der Waals surface area contributed by atoms with Crippen LogP contribution in [0.4, 0.5) is 0 Å². The van der Waals surface area contributed by atoms with E-state index >= 15 is 0 Å². The van der Waals surface area contributed by atoms with Gasteiger partial charge in [0, 0.05) is 16.7 Å². The van der Waals surface area contributed by atoms with Gasteiger partial charge in [0.1, 0.15) is 0 Å². The number of hydrogen-bond acceptors (Lipinski definition) is 2. The summed E-state index contributed by atoms with van der Waals surface area (Å²) in [5.41, 5.74) is 0. The third-order valence-corrected chi connectivity index (χ3v) is 6.39. The lowest BCUT2D eigenvalue weighted by Gasteiger charge is -2.24. The van der Waals surface area contributed by atoms with Crippen LogP contribution in [0.25, 0.3) is 0 Å². The van der Waals surface area contributed by atoms with E-state index in [2.05, 4.69) is 5.09 Å². The van der Waals surface area contributed by atoms with Crippen molar-refractivity contribution >= 4 is 17.9 Å². The van der Waals surface area contributed by atoms with Crippen LogP contribution in [0.3, 0.4) is 0 Å². The van der Waals surface area contributed by atoms with Crippen molar-refractivity contribution < 1.29 is 9.67 Å². The van der Waals surface area contributed by atoms with Gasteiger partial charge in [-0.15, -0.1) is 0 Å². The molecule has 0 spiro atoms. The Morgan fingerprint density at radius 1 is 0.905 bits per heavy atom. The normalized spacial score (nSPS) is 21.6. The summed E-state index contributed by atoms with van der Waals surface area (Å²) in [7, 11) is -2.91. The summed E-state index contributed by atoms with van der Waals surface area (Å²) >= 11 is 0. The fraction of sp³-hybridized carbons (Fsp3) is 0.176. The fourth-order valence-electron chi connectivity index (χ4n) is 2.58. The molecule has 4 heteroatoms. The molecule has 3 nitrogen and oxygen atoms in total. The van der Waals surface area contributed by atoms with Crippen molar-refractivity contribution in [2.24, 2.45) is 0 Å². The van der Waals surface area contributed by atoms with Gasteiger partial charge in [-0.2, -0.15) is 0 Å². The van der Waals surface area contributed by atoms with Crippen molar-refractivity contribution in [2.45, 2.75) is 18.6 Å². The van der Waals surface area contributed by atoms with Gasteiger partial charge in [0.2, 0.25) is 7.29 Å². The molecule has 2 aromatic rings. The van der Waals surface area contributed by atoms with E-state index in [0.29, 0.717) is 6.42 Å². The molecule has 0 aliphatic heterocycles. The summed E-state index contributed by atoms with van der Waals surface area (Å²) in [6.07, 6.45) is 3.74. The molecular formula is C17H18NO2P. The molecule has 0 heterocycles. The third-order valence-electron chi connectivity index (χ3n) is 3.65. The number of rotatable bonds is 4. The summed E-state index contributed by atoms with van der Waals surface area (Å²) in [6.45, 7) is 0. The van der Waals surface area contributed by atoms with E-state index in [1.165, 1.54) is 0 Å². The monoisotopic (exact) mass is 299 g/mol. The minimum Gasteiger partial charge on any atom is -0.389 e. The predicted molar refractivity (Wildman–Crippen MR) is 86.4 cm³/mol. The average Bonchev–Trinajstić information content (AvgIpc) is 2.94. The van der Waals surface area contributed by atoms with Gasteiger partial charge < -0.3 is 5.11 Å². The highest BCUT2D eigenvalue weighted by atomic mass is 31.2. The van der Waals surface area contributed by atoms with E-state index < -0.39 is 13.4 Å². The zero-order chi connectivity index (χ0) is 14.7. The zero-order valence-electron chi connectivity index (χ0n) is 11.6. The number of aliphatic hydroxyl groups excluding tert-OH is 1. The second kappa shape index (κ2) is 5.98. The zero-order valence-corrected chi connectivity index (χ0v) is 12.5. The minimum atomic E-state index is -2.91. The summed E-state index contributed by atoms with van der Waals surface area (Å²) in [5.74, 6) is 0. The first-order valence-electron chi connectivity index (χ1n) is 7.04. The molecule has 0 aromatic heterocycles. The van der Waals surface area contributed by atoms with Gasteiger partial charge in [-0.1, -0.05) is 48.6 Å². The predicted octanol–water partition coefficient (Wildman–Crippen LogP) is 2.19. The van der Waals surface area contributed by atoms with Crippen LogP contribution in [0, 0.1) is 0 Å². The molecule has 1 aliphatic carbocycles. The molecule has 0 saturated heterocycles. The highest BCUT2D eigenvalue weighted by molar-refractivity contribution is 7.76. The quantitative estimate of drug-likeness (QED) is 0.672. The molecule has 1 aliphatic rings. The molecule has 0 radical (unpaired) electrons. The lowest BCUT2D eigenvalue weighted by atomic mass is 10.2. The topological polar surface area (TPSA) is 49.3 Å². The van der Waals surface area contributed by atoms with Gasteiger partial charge in [-0.3, -0.25) is 9.65 Å². The summed E-state index contributed by atoms with van der Waals surface area (Å²) in [6, 6.07) is 18.9. The maximum atomic E-state index is 13.7. The van der Waals surface area contributed by atoms with Crippen LogP contribution in [-0.2, 0) is 4.57 Å². The molecule has 0 amide bonds. The lowest BCUT2D eigenvalue weighted by molar-refractivity contribution is 0.217. The van der Waals surface area contributed by atoms with E-state index in [1.54, 1.807) is 6.08 Å². The minimum absolute atomic E-state index is 0.0776. The van der Waals surface area contributed by atoms with Crippen molar-refractivity contribution in [1.82, 2.24) is 5.09 Å². The number of benzene rings is 2. The Labute approximate surface area is 124 Å². The summed E-state index contributed by atoms with van der Waals surface area (Å²) < 4.78 is 13.7. The van der Waals surface area contributed by atoms with Crippen molar-refractivity contribution in [2.75, 3.05) is 0 Å². The Morgan fingerprint density at radius 3 is 1.86 bits per heavy atom. The second-order valence-electron chi connectivity index (χ2n) is 5.20. The van der Waals surface area contributed by atoms with Gasteiger partial charge in [-0.25, -0.2) is 0 Å². The maximum absolute atomic E-state index is 13.7. The third kappa shape index (κ3) is 3.01. The highest BCUT2D eigenvalue weighted by Crippen LogP contribution is 2.40. The van der Waals surface area contributed by atoms with E-state index in [1.807, 2.05) is 66.7 Å². The summed E-state index contributed by atoms with van der Waals surface area (Å²) in [4.78, 5) is 0. The maximum Gasteiger partial charge on any atom is 0.205 e. The second-order valence-corrected chi connectivity index (χ2v) is 7.71. The Morgan fingerprint density at radius 2 is 1.43 bits per heavy atom. The van der Waals surface area contributed by atoms with E-state index in [-0.39, 0.29) is 6.04 Å². The molecule has 0 fully saturated rings. The smallest absolute Gasteiger partial charge is 0.205 e. The van der Waals surface area contributed by atoms with Gasteiger partial charge in [0.05, 0.1) is 6.10 Å². The first-order chi connectivity index (χ1) is 10.2. The van der Waals surface area contributed by atoms with Crippen LogP contribution in [0.15, 0.2) is 72.8 Å². The van der Waals surface area contributed by atoms with Crippen LogP contribution in [0.2, 0.25) is 0 Å². The first-order valence-corrected chi connectivity index (χ1v) is 8.74. The number of hydrogen-bond donors (Lipinski definition) is 2. The molecule has 0 bridgehead atoms.